The minimum Gasteiger partial charge on any atom is -0.451 e. The van der Waals surface area contributed by atoms with Crippen LogP contribution < -0.4 is 5.32 Å². The van der Waals surface area contributed by atoms with Crippen LogP contribution in [0.5, 0.6) is 0 Å². The van der Waals surface area contributed by atoms with Crippen molar-refractivity contribution in [1.82, 2.24) is 10.2 Å². The summed E-state index contributed by atoms with van der Waals surface area (Å²) in [6, 6.07) is 4.38. The number of hydrogen-bond acceptors (Lipinski definition) is 3. The monoisotopic (exact) mass is 316 g/mol. The lowest BCUT2D eigenvalue weighted by molar-refractivity contribution is 0.0578. The molecule has 23 heavy (non-hydrogen) atoms. The van der Waals surface area contributed by atoms with E-state index in [4.69, 9.17) is 4.42 Å². The summed E-state index contributed by atoms with van der Waals surface area (Å²) in [4.78, 5) is 14.7. The Labute approximate surface area is 134 Å². The van der Waals surface area contributed by atoms with E-state index >= 15 is 0 Å². The van der Waals surface area contributed by atoms with Crippen molar-refractivity contribution in [3.63, 3.8) is 0 Å². The number of carbonyl (C=O) groups is 1. The summed E-state index contributed by atoms with van der Waals surface area (Å²) in [5.41, 5.74) is 1.68. The Kier molecular flexibility index (Phi) is 3.41. The van der Waals surface area contributed by atoms with Gasteiger partial charge in [-0.1, -0.05) is 0 Å². The Balaban J connectivity index is 1.56. The zero-order valence-corrected chi connectivity index (χ0v) is 13.3. The molecule has 0 radical (unpaired) electrons. The molecule has 4 nitrogen and oxygen atoms in total. The Bertz CT molecular complexity index is 752. The third-order valence-electron chi connectivity index (χ3n) is 5.54. The molecule has 2 aromatic rings. The molecule has 4 rings (SSSR count). The molecular weight excluding hydrogens is 295 g/mol. The van der Waals surface area contributed by atoms with E-state index in [2.05, 4.69) is 5.32 Å². The number of furan rings is 1. The molecule has 122 valence electrons. The lowest BCUT2D eigenvalue weighted by Gasteiger charge is -2.38. The van der Waals surface area contributed by atoms with Crippen LogP contribution in [0.2, 0.25) is 0 Å². The molecule has 2 aliphatic rings. The number of fused-ring (bicyclic) bond motifs is 1. The van der Waals surface area contributed by atoms with Crippen LogP contribution in [0.25, 0.3) is 11.0 Å². The van der Waals surface area contributed by atoms with Crippen molar-refractivity contribution in [2.75, 3.05) is 26.2 Å². The molecule has 0 bridgehead atoms. The van der Waals surface area contributed by atoms with Gasteiger partial charge in [-0.15, -0.1) is 0 Å². The van der Waals surface area contributed by atoms with Crippen molar-refractivity contribution in [2.45, 2.75) is 26.2 Å². The Morgan fingerprint density at radius 2 is 2.09 bits per heavy atom. The first kappa shape index (κ1) is 14.7. The Morgan fingerprint density at radius 3 is 2.78 bits per heavy atom. The molecule has 5 heteroatoms. The van der Waals surface area contributed by atoms with Crippen LogP contribution in [0.4, 0.5) is 4.39 Å². The lowest BCUT2D eigenvalue weighted by Crippen LogP contribution is -2.44. The quantitative estimate of drug-likeness (QED) is 0.879. The fourth-order valence-corrected chi connectivity index (χ4v) is 3.95. The molecule has 1 aromatic carbocycles. The number of benzene rings is 1. The maximum atomic E-state index is 13.4. The number of carbonyl (C=O) groups excluding carboxylic acids is 1. The number of aryl methyl sites for hydroxylation is 1. The van der Waals surface area contributed by atoms with Crippen LogP contribution >= 0.6 is 0 Å². The first-order valence-electron chi connectivity index (χ1n) is 8.27. The highest BCUT2D eigenvalue weighted by Gasteiger charge is 2.38. The number of likely N-dealkylation sites (tertiary alicyclic amines) is 1. The third-order valence-corrected chi connectivity index (χ3v) is 5.54. The predicted molar refractivity (Wildman–Crippen MR) is 86.0 cm³/mol. The molecule has 1 amide bonds. The topological polar surface area (TPSA) is 45.5 Å². The highest BCUT2D eigenvalue weighted by atomic mass is 19.1. The number of piperidine rings is 1. The number of amides is 1. The van der Waals surface area contributed by atoms with E-state index in [0.717, 1.165) is 44.6 Å². The van der Waals surface area contributed by atoms with Crippen LogP contribution in [-0.4, -0.2) is 37.0 Å². The van der Waals surface area contributed by atoms with Gasteiger partial charge in [0.25, 0.3) is 5.91 Å². The smallest absolute Gasteiger partial charge is 0.289 e. The Morgan fingerprint density at radius 1 is 1.30 bits per heavy atom. The van der Waals surface area contributed by atoms with Crippen LogP contribution in [0.1, 0.15) is 35.4 Å². The first-order valence-corrected chi connectivity index (χ1v) is 8.27. The summed E-state index contributed by atoms with van der Waals surface area (Å²) in [7, 11) is 0. The summed E-state index contributed by atoms with van der Waals surface area (Å²) < 4.78 is 19.1. The fourth-order valence-electron chi connectivity index (χ4n) is 3.95. The first-order chi connectivity index (χ1) is 11.1. The number of halogens is 1. The number of hydrogen-bond donors (Lipinski definition) is 1. The summed E-state index contributed by atoms with van der Waals surface area (Å²) >= 11 is 0. The highest BCUT2D eigenvalue weighted by Crippen LogP contribution is 2.37. The average Bonchev–Trinajstić information content (AvgIpc) is 3.13. The average molecular weight is 316 g/mol. The summed E-state index contributed by atoms with van der Waals surface area (Å²) in [5.74, 6) is -0.0277. The largest absolute Gasteiger partial charge is 0.451 e. The van der Waals surface area contributed by atoms with Gasteiger partial charge in [0.1, 0.15) is 11.4 Å². The normalized spacial score (nSPS) is 20.5. The second-order valence-electron chi connectivity index (χ2n) is 6.92. The van der Waals surface area contributed by atoms with Gasteiger partial charge in [0, 0.05) is 30.6 Å². The van der Waals surface area contributed by atoms with Gasteiger partial charge in [-0.2, -0.15) is 0 Å². The lowest BCUT2D eigenvalue weighted by atomic mass is 9.78. The summed E-state index contributed by atoms with van der Waals surface area (Å²) in [5, 5.41) is 4.12. The van der Waals surface area contributed by atoms with Crippen LogP contribution in [0.15, 0.2) is 22.6 Å². The van der Waals surface area contributed by atoms with E-state index in [1.807, 2.05) is 11.8 Å². The fraction of sp³-hybridized carbons (Fsp3) is 0.500. The van der Waals surface area contributed by atoms with Crippen molar-refractivity contribution in [1.29, 1.82) is 0 Å². The second-order valence-corrected chi connectivity index (χ2v) is 6.92. The van der Waals surface area contributed by atoms with Gasteiger partial charge in [0.05, 0.1) is 0 Å². The van der Waals surface area contributed by atoms with E-state index in [1.165, 1.54) is 18.6 Å². The second kappa shape index (κ2) is 5.34. The van der Waals surface area contributed by atoms with Gasteiger partial charge >= 0.3 is 0 Å². The van der Waals surface area contributed by atoms with Crippen LogP contribution in [0.3, 0.4) is 0 Å². The van der Waals surface area contributed by atoms with E-state index in [0.29, 0.717) is 22.1 Å². The molecule has 3 heterocycles. The van der Waals surface area contributed by atoms with Crippen molar-refractivity contribution in [2.24, 2.45) is 5.41 Å². The molecular formula is C18H21FN2O2. The van der Waals surface area contributed by atoms with Crippen molar-refractivity contribution < 1.29 is 13.6 Å². The molecule has 1 N–H and O–H groups in total. The van der Waals surface area contributed by atoms with E-state index in [9.17, 15) is 9.18 Å². The highest BCUT2D eigenvalue weighted by molar-refractivity contribution is 5.99. The van der Waals surface area contributed by atoms with Crippen molar-refractivity contribution >= 4 is 16.9 Å². The van der Waals surface area contributed by atoms with E-state index in [1.54, 1.807) is 6.07 Å². The van der Waals surface area contributed by atoms with Gasteiger partial charge in [-0.3, -0.25) is 4.79 Å². The molecule has 0 unspecified atom stereocenters. The minimum atomic E-state index is -0.311. The van der Waals surface area contributed by atoms with Gasteiger partial charge in [-0.05, 0) is 56.3 Å². The van der Waals surface area contributed by atoms with Crippen molar-refractivity contribution in [3.8, 4) is 0 Å². The minimum absolute atomic E-state index is 0.0695. The SMILES string of the molecule is Cc1c(C(=O)N2CCC3(CCNC3)CC2)oc2ccc(F)cc12. The van der Waals surface area contributed by atoms with Crippen molar-refractivity contribution in [3.05, 3.63) is 35.3 Å². The summed E-state index contributed by atoms with van der Waals surface area (Å²) in [6.45, 7) is 5.52. The molecule has 2 saturated heterocycles. The molecule has 0 atom stereocenters. The molecule has 2 aliphatic heterocycles. The number of nitrogens with one attached hydrogen (secondary N) is 1. The zero-order chi connectivity index (χ0) is 16.0. The molecule has 1 spiro atoms. The Hall–Kier alpha value is -1.88. The zero-order valence-electron chi connectivity index (χ0n) is 13.3. The molecule has 0 saturated carbocycles. The number of nitrogens with zero attached hydrogens (tertiary/aromatic N) is 1. The number of rotatable bonds is 1. The molecule has 2 fully saturated rings. The molecule has 0 aliphatic carbocycles. The van der Waals surface area contributed by atoms with Gasteiger partial charge in [-0.25, -0.2) is 4.39 Å². The van der Waals surface area contributed by atoms with Crippen LogP contribution in [-0.2, 0) is 0 Å². The standard InChI is InChI=1S/C18H21FN2O2/c1-12-14-10-13(19)2-3-15(14)23-16(12)17(22)21-8-5-18(6-9-21)4-7-20-11-18/h2-3,10,20H,4-9,11H2,1H3. The predicted octanol–water partition coefficient (Wildman–Crippen LogP) is 3.10. The third kappa shape index (κ3) is 2.43. The maximum Gasteiger partial charge on any atom is 0.289 e. The summed E-state index contributed by atoms with van der Waals surface area (Å²) in [6.07, 6.45) is 3.29. The molecule has 1 aromatic heterocycles. The van der Waals surface area contributed by atoms with E-state index in [-0.39, 0.29) is 11.7 Å². The van der Waals surface area contributed by atoms with E-state index < -0.39 is 0 Å². The van der Waals surface area contributed by atoms with Gasteiger partial charge in [0.2, 0.25) is 0 Å². The van der Waals surface area contributed by atoms with Gasteiger partial charge < -0.3 is 14.6 Å². The maximum absolute atomic E-state index is 13.4. The van der Waals surface area contributed by atoms with Crippen LogP contribution in [0, 0.1) is 18.2 Å². The van der Waals surface area contributed by atoms with Gasteiger partial charge in [0.15, 0.2) is 5.76 Å².